The Morgan fingerprint density at radius 2 is 1.23 bits per heavy atom. The van der Waals surface area contributed by atoms with Crippen molar-refractivity contribution >= 4 is 16.3 Å². The number of amides is 1. The van der Waals surface area contributed by atoms with Crippen molar-refractivity contribution in [2.24, 2.45) is 0 Å². The molecule has 0 radical (unpaired) electrons. The maximum atomic E-state index is 12.9. The Morgan fingerprint density at radius 3 is 1.70 bits per heavy atom. The molecule has 47 heavy (non-hydrogen) atoms. The molecule has 0 aromatic carbocycles. The molecule has 0 aliphatic carbocycles. The summed E-state index contributed by atoms with van der Waals surface area (Å²) >= 11 is 0. The van der Waals surface area contributed by atoms with Gasteiger partial charge < -0.3 is 35.2 Å². The minimum Gasteiger partial charge on any atom is -0.394 e. The molecular weight excluding hydrogens is 630 g/mol. The molecule has 1 aliphatic heterocycles. The van der Waals surface area contributed by atoms with E-state index in [2.05, 4.69) is 23.3 Å². The zero-order valence-electron chi connectivity index (χ0n) is 29.1. The Hall–Kier alpha value is -0.900. The first-order valence-corrected chi connectivity index (χ1v) is 19.8. The number of hydrogen-bond acceptors (Lipinski definition) is 10. The summed E-state index contributed by atoms with van der Waals surface area (Å²) in [4.78, 5) is 12.9. The molecular formula is C34H67NO11S. The van der Waals surface area contributed by atoms with Crippen LogP contribution in [-0.2, 0) is 28.9 Å². The van der Waals surface area contributed by atoms with E-state index in [1.54, 1.807) is 0 Å². The fraction of sp³-hybridized carbons (Fsp3) is 0.971. The predicted octanol–water partition coefficient (Wildman–Crippen LogP) is 5.10. The van der Waals surface area contributed by atoms with Crippen LogP contribution >= 0.6 is 0 Å². The number of ether oxygens (including phenoxy) is 2. The Morgan fingerprint density at radius 1 is 0.766 bits per heavy atom. The fourth-order valence-electron chi connectivity index (χ4n) is 5.99. The van der Waals surface area contributed by atoms with Crippen LogP contribution in [0.5, 0.6) is 0 Å². The molecule has 0 saturated carbocycles. The second-order valence-corrected chi connectivity index (χ2v) is 14.2. The fourth-order valence-corrected chi connectivity index (χ4v) is 6.49. The summed E-state index contributed by atoms with van der Waals surface area (Å²) in [7, 11) is -5.06. The molecule has 0 spiro atoms. The molecule has 1 saturated heterocycles. The summed E-state index contributed by atoms with van der Waals surface area (Å²) in [6.07, 6.45) is 14.2. The summed E-state index contributed by atoms with van der Waals surface area (Å²) in [6.45, 7) is 3.37. The Bertz CT molecular complexity index is 878. The number of carbonyl (C=O) groups is 1. The first-order valence-electron chi connectivity index (χ1n) is 18.4. The highest BCUT2D eigenvalue weighted by Gasteiger charge is 2.48. The van der Waals surface area contributed by atoms with Gasteiger partial charge in [-0.05, 0) is 12.8 Å². The molecule has 1 amide bonds. The number of carbonyl (C=O) groups excluding carboxylic acids is 1. The molecule has 0 aromatic heterocycles. The van der Waals surface area contributed by atoms with Crippen LogP contribution in [0, 0.1) is 0 Å². The van der Waals surface area contributed by atoms with E-state index < -0.39 is 59.9 Å². The highest BCUT2D eigenvalue weighted by molar-refractivity contribution is 7.80. The van der Waals surface area contributed by atoms with Gasteiger partial charge in [0.25, 0.3) is 0 Å². The molecule has 13 heteroatoms. The average Bonchev–Trinajstić information content (AvgIpc) is 3.03. The van der Waals surface area contributed by atoms with Gasteiger partial charge in [0.1, 0.15) is 24.4 Å². The van der Waals surface area contributed by atoms with Crippen LogP contribution in [0.1, 0.15) is 155 Å². The largest absolute Gasteiger partial charge is 0.397 e. The SMILES string of the molecule is CCCCCCCCCCCCC(=O)NC(COC1OC(CO)C(O)C(OS(=O)(=O)O)C1O)C(O)CCCCCCCCCCCC. The summed E-state index contributed by atoms with van der Waals surface area (Å²) in [5, 5.41) is 44.4. The maximum Gasteiger partial charge on any atom is 0.397 e. The molecule has 1 fully saturated rings. The summed E-state index contributed by atoms with van der Waals surface area (Å²) < 4.78 is 47.3. The van der Waals surface area contributed by atoms with Crippen LogP contribution in [0.25, 0.3) is 0 Å². The monoisotopic (exact) mass is 697 g/mol. The second-order valence-electron chi connectivity index (χ2n) is 13.2. The second kappa shape index (κ2) is 26.9. The third-order valence-corrected chi connectivity index (χ3v) is 9.38. The lowest BCUT2D eigenvalue weighted by Crippen LogP contribution is -2.61. The zero-order chi connectivity index (χ0) is 34.9. The number of hydrogen-bond donors (Lipinski definition) is 6. The molecule has 0 bridgehead atoms. The zero-order valence-corrected chi connectivity index (χ0v) is 29.9. The molecule has 12 nitrogen and oxygen atoms in total. The number of nitrogens with one attached hydrogen (secondary N) is 1. The van der Waals surface area contributed by atoms with Gasteiger partial charge in [-0.25, -0.2) is 4.18 Å². The lowest BCUT2D eigenvalue weighted by molar-refractivity contribution is -0.298. The van der Waals surface area contributed by atoms with E-state index in [-0.39, 0.29) is 12.5 Å². The standard InChI is InChI=1S/C34H67NO11S/c1-3-5-7-9-11-13-15-17-19-21-23-28(37)27(35-30(38)24-22-20-18-16-14-12-10-8-6-4-2)26-44-34-32(40)33(46-47(41,42)43)31(39)29(25-36)45-34/h27-29,31-34,36-37,39-40H,3-26H2,1-2H3,(H,35,38)(H,41,42,43). The lowest BCUT2D eigenvalue weighted by atomic mass is 9.99. The summed E-state index contributed by atoms with van der Waals surface area (Å²) in [5.74, 6) is -0.235. The highest BCUT2D eigenvalue weighted by Crippen LogP contribution is 2.26. The molecule has 6 N–H and O–H groups in total. The number of unbranched alkanes of at least 4 members (excludes halogenated alkanes) is 18. The quantitative estimate of drug-likeness (QED) is 0.0432. The number of aliphatic hydroxyl groups is 4. The van der Waals surface area contributed by atoms with E-state index in [1.165, 1.54) is 77.0 Å². The van der Waals surface area contributed by atoms with Crippen LogP contribution in [0.4, 0.5) is 0 Å². The minimum absolute atomic E-state index is 0.235. The van der Waals surface area contributed by atoms with Crippen molar-refractivity contribution in [1.29, 1.82) is 0 Å². The Kier molecular flexibility index (Phi) is 25.3. The van der Waals surface area contributed by atoms with Crippen LogP contribution in [0.3, 0.4) is 0 Å². The van der Waals surface area contributed by atoms with Gasteiger partial charge in [0.15, 0.2) is 6.29 Å². The molecule has 1 rings (SSSR count). The van der Waals surface area contributed by atoms with Gasteiger partial charge in [0, 0.05) is 6.42 Å². The van der Waals surface area contributed by atoms with Gasteiger partial charge in [-0.1, -0.05) is 136 Å². The van der Waals surface area contributed by atoms with E-state index in [9.17, 15) is 33.6 Å². The van der Waals surface area contributed by atoms with Gasteiger partial charge in [-0.15, -0.1) is 0 Å². The van der Waals surface area contributed by atoms with E-state index in [4.69, 9.17) is 14.0 Å². The minimum atomic E-state index is -5.06. The van der Waals surface area contributed by atoms with Gasteiger partial charge >= 0.3 is 10.4 Å². The molecule has 0 aromatic rings. The number of rotatable bonds is 30. The van der Waals surface area contributed by atoms with Crippen molar-refractivity contribution < 1.29 is 51.8 Å². The third-order valence-electron chi connectivity index (χ3n) is 8.92. The van der Waals surface area contributed by atoms with Crippen LogP contribution in [0.2, 0.25) is 0 Å². The van der Waals surface area contributed by atoms with Crippen LogP contribution in [-0.4, -0.2) is 95.4 Å². The molecule has 7 atom stereocenters. The van der Waals surface area contributed by atoms with Gasteiger partial charge in [0.2, 0.25) is 5.91 Å². The first kappa shape index (κ1) is 44.1. The van der Waals surface area contributed by atoms with Crippen molar-refractivity contribution in [1.82, 2.24) is 5.32 Å². The van der Waals surface area contributed by atoms with Gasteiger partial charge in [0.05, 0.1) is 25.4 Å². The molecule has 1 aliphatic rings. The van der Waals surface area contributed by atoms with Crippen LogP contribution < -0.4 is 5.32 Å². The summed E-state index contributed by atoms with van der Waals surface area (Å²) in [6, 6.07) is -0.847. The van der Waals surface area contributed by atoms with Crippen molar-refractivity contribution in [2.75, 3.05) is 13.2 Å². The van der Waals surface area contributed by atoms with Crippen molar-refractivity contribution in [3.63, 3.8) is 0 Å². The third kappa shape index (κ3) is 21.0. The van der Waals surface area contributed by atoms with E-state index in [0.717, 1.165) is 51.4 Å². The van der Waals surface area contributed by atoms with Crippen molar-refractivity contribution in [3.8, 4) is 0 Å². The smallest absolute Gasteiger partial charge is 0.394 e. The van der Waals surface area contributed by atoms with Gasteiger partial charge in [-0.3, -0.25) is 9.35 Å². The van der Waals surface area contributed by atoms with Crippen LogP contribution in [0.15, 0.2) is 0 Å². The molecule has 280 valence electrons. The topological polar surface area (TPSA) is 192 Å². The predicted molar refractivity (Wildman–Crippen MR) is 181 cm³/mol. The highest BCUT2D eigenvalue weighted by atomic mass is 32.3. The van der Waals surface area contributed by atoms with E-state index in [1.807, 2.05) is 0 Å². The van der Waals surface area contributed by atoms with Crippen molar-refractivity contribution in [2.45, 2.75) is 198 Å². The first-order chi connectivity index (χ1) is 22.5. The van der Waals surface area contributed by atoms with Crippen molar-refractivity contribution in [3.05, 3.63) is 0 Å². The average molecular weight is 698 g/mol. The molecule has 7 unspecified atom stereocenters. The normalized spacial score (nSPS) is 23.1. The maximum absolute atomic E-state index is 12.9. The molecule has 1 heterocycles. The lowest BCUT2D eigenvalue weighted by Gasteiger charge is -2.41. The Balaban J connectivity index is 2.64. The van der Waals surface area contributed by atoms with E-state index >= 15 is 0 Å². The summed E-state index contributed by atoms with van der Waals surface area (Å²) in [5.41, 5.74) is 0. The number of aliphatic hydroxyl groups excluding tert-OH is 4. The van der Waals surface area contributed by atoms with E-state index in [0.29, 0.717) is 12.8 Å². The Labute approximate surface area is 284 Å². The van der Waals surface area contributed by atoms with Gasteiger partial charge in [-0.2, -0.15) is 8.42 Å².